The third-order valence-electron chi connectivity index (χ3n) is 5.26. The highest BCUT2D eigenvalue weighted by Gasteiger charge is 2.31. The molecule has 3 rings (SSSR count). The van der Waals surface area contributed by atoms with Crippen molar-refractivity contribution in [3.8, 4) is 5.75 Å². The summed E-state index contributed by atoms with van der Waals surface area (Å²) in [6.07, 6.45) is 9.25. The lowest BCUT2D eigenvalue weighted by Crippen LogP contribution is -2.32. The maximum Gasteiger partial charge on any atom is 0.122 e. The minimum Gasteiger partial charge on any atom is -0.493 e. The Bertz CT molecular complexity index is 449. The van der Waals surface area contributed by atoms with Gasteiger partial charge >= 0.3 is 0 Å². The van der Waals surface area contributed by atoms with E-state index in [-0.39, 0.29) is 0 Å². The van der Waals surface area contributed by atoms with Crippen LogP contribution < -0.4 is 10.1 Å². The van der Waals surface area contributed by atoms with Crippen LogP contribution in [0.5, 0.6) is 5.75 Å². The summed E-state index contributed by atoms with van der Waals surface area (Å²) in [5, 5.41) is 3.70. The number of rotatable bonds is 6. The van der Waals surface area contributed by atoms with Crippen LogP contribution in [0.3, 0.4) is 0 Å². The molecule has 2 nitrogen and oxygen atoms in total. The van der Waals surface area contributed by atoms with Crippen LogP contribution in [0.1, 0.15) is 50.2 Å². The smallest absolute Gasteiger partial charge is 0.122 e. The highest BCUT2D eigenvalue weighted by atomic mass is 16.5. The molecule has 0 saturated heterocycles. The molecule has 110 valence electrons. The molecule has 2 heteroatoms. The number of hydrogen-bond acceptors (Lipinski definition) is 2. The normalized spacial score (nSPS) is 19.9. The molecule has 1 aliphatic carbocycles. The van der Waals surface area contributed by atoms with Gasteiger partial charge in [0.25, 0.3) is 0 Å². The zero-order valence-electron chi connectivity index (χ0n) is 12.7. The summed E-state index contributed by atoms with van der Waals surface area (Å²) < 4.78 is 5.56. The van der Waals surface area contributed by atoms with Crippen molar-refractivity contribution in [1.29, 1.82) is 0 Å². The summed E-state index contributed by atoms with van der Waals surface area (Å²) >= 11 is 0. The topological polar surface area (TPSA) is 21.3 Å². The van der Waals surface area contributed by atoms with Gasteiger partial charge in [0.2, 0.25) is 0 Å². The average Bonchev–Trinajstić information content (AvgIpc) is 3.13. The second-order valence-corrected chi connectivity index (χ2v) is 6.53. The van der Waals surface area contributed by atoms with Crippen LogP contribution >= 0.6 is 0 Å². The molecule has 0 atom stereocenters. The third kappa shape index (κ3) is 3.01. The van der Waals surface area contributed by atoms with Gasteiger partial charge in [0.15, 0.2) is 0 Å². The average molecular weight is 273 g/mol. The SMILES string of the molecule is CCC1(CNCCc2ccc3c(c2)CCO3)CCCC1. The summed E-state index contributed by atoms with van der Waals surface area (Å²) in [6.45, 7) is 5.52. The first-order valence-electron chi connectivity index (χ1n) is 8.27. The molecule has 0 amide bonds. The Balaban J connectivity index is 1.46. The van der Waals surface area contributed by atoms with Gasteiger partial charge in [-0.15, -0.1) is 0 Å². The molecule has 1 fully saturated rings. The van der Waals surface area contributed by atoms with Crippen LogP contribution in [0.25, 0.3) is 0 Å². The Morgan fingerprint density at radius 2 is 2.10 bits per heavy atom. The lowest BCUT2D eigenvalue weighted by Gasteiger charge is -2.27. The molecular formula is C18H27NO. The van der Waals surface area contributed by atoms with Gasteiger partial charge < -0.3 is 10.1 Å². The van der Waals surface area contributed by atoms with Crippen LogP contribution in [0.4, 0.5) is 0 Å². The van der Waals surface area contributed by atoms with Crippen LogP contribution in [-0.2, 0) is 12.8 Å². The van der Waals surface area contributed by atoms with Crippen molar-refractivity contribution in [3.63, 3.8) is 0 Å². The zero-order valence-corrected chi connectivity index (χ0v) is 12.7. The van der Waals surface area contributed by atoms with Crippen molar-refractivity contribution in [3.05, 3.63) is 29.3 Å². The van der Waals surface area contributed by atoms with E-state index in [0.717, 1.165) is 31.7 Å². The number of nitrogens with one attached hydrogen (secondary N) is 1. The molecule has 0 aromatic heterocycles. The lowest BCUT2D eigenvalue weighted by molar-refractivity contribution is 0.270. The quantitative estimate of drug-likeness (QED) is 0.798. The molecular weight excluding hydrogens is 246 g/mol. The van der Waals surface area contributed by atoms with Crippen LogP contribution in [0.2, 0.25) is 0 Å². The molecule has 1 aromatic carbocycles. The Morgan fingerprint density at radius 3 is 2.90 bits per heavy atom. The molecule has 2 aliphatic rings. The summed E-state index contributed by atoms with van der Waals surface area (Å²) in [5.41, 5.74) is 3.44. The van der Waals surface area contributed by atoms with E-state index < -0.39 is 0 Å². The second kappa shape index (κ2) is 6.17. The Morgan fingerprint density at radius 1 is 1.25 bits per heavy atom. The molecule has 0 bridgehead atoms. The van der Waals surface area contributed by atoms with Crippen molar-refractivity contribution in [2.24, 2.45) is 5.41 Å². The minimum absolute atomic E-state index is 0.603. The number of benzene rings is 1. The molecule has 1 aromatic rings. The molecule has 20 heavy (non-hydrogen) atoms. The molecule has 0 spiro atoms. The standard InChI is InChI=1S/C18H27NO/c1-2-18(9-3-4-10-18)14-19-11-7-15-5-6-17-16(13-15)8-12-20-17/h5-6,13,19H,2-4,7-12,14H2,1H3. The van der Waals surface area contributed by atoms with Gasteiger partial charge in [-0.2, -0.15) is 0 Å². The maximum absolute atomic E-state index is 5.56. The largest absolute Gasteiger partial charge is 0.493 e. The summed E-state index contributed by atoms with van der Waals surface area (Å²) in [5.74, 6) is 1.10. The summed E-state index contributed by atoms with van der Waals surface area (Å²) in [6, 6.07) is 6.69. The van der Waals surface area contributed by atoms with Crippen molar-refractivity contribution in [2.75, 3.05) is 19.7 Å². The highest BCUT2D eigenvalue weighted by Crippen LogP contribution is 2.40. The molecule has 1 heterocycles. The monoisotopic (exact) mass is 273 g/mol. The van der Waals surface area contributed by atoms with Crippen molar-refractivity contribution in [1.82, 2.24) is 5.32 Å². The number of ether oxygens (including phenoxy) is 1. The summed E-state index contributed by atoms with van der Waals surface area (Å²) in [7, 11) is 0. The minimum atomic E-state index is 0.603. The van der Waals surface area contributed by atoms with Gasteiger partial charge in [-0.3, -0.25) is 0 Å². The van der Waals surface area contributed by atoms with Crippen LogP contribution in [0, 0.1) is 5.41 Å². The third-order valence-corrected chi connectivity index (χ3v) is 5.26. The van der Waals surface area contributed by atoms with E-state index >= 15 is 0 Å². The van der Waals surface area contributed by atoms with Gasteiger partial charge in [0, 0.05) is 13.0 Å². The lowest BCUT2D eigenvalue weighted by atomic mass is 9.83. The van der Waals surface area contributed by atoms with Gasteiger partial charge in [0.05, 0.1) is 6.61 Å². The van der Waals surface area contributed by atoms with Crippen LogP contribution in [0.15, 0.2) is 18.2 Å². The Hall–Kier alpha value is -1.02. The first-order chi connectivity index (χ1) is 9.81. The van der Waals surface area contributed by atoms with Crippen LogP contribution in [-0.4, -0.2) is 19.7 Å². The predicted molar refractivity (Wildman–Crippen MR) is 83.4 cm³/mol. The molecule has 1 N–H and O–H groups in total. The fourth-order valence-corrected chi connectivity index (χ4v) is 3.76. The Labute approximate surface area is 122 Å². The first-order valence-corrected chi connectivity index (χ1v) is 8.27. The Kier molecular flexibility index (Phi) is 4.30. The van der Waals surface area contributed by atoms with E-state index in [9.17, 15) is 0 Å². The zero-order chi connectivity index (χ0) is 13.8. The van der Waals surface area contributed by atoms with E-state index in [0.29, 0.717) is 5.41 Å². The van der Waals surface area contributed by atoms with Gasteiger partial charge in [-0.05, 0) is 54.8 Å². The van der Waals surface area contributed by atoms with Crippen molar-refractivity contribution in [2.45, 2.75) is 51.9 Å². The van der Waals surface area contributed by atoms with Gasteiger partial charge in [-0.1, -0.05) is 31.9 Å². The molecule has 1 saturated carbocycles. The van der Waals surface area contributed by atoms with E-state index in [1.165, 1.54) is 49.8 Å². The second-order valence-electron chi connectivity index (χ2n) is 6.53. The van der Waals surface area contributed by atoms with Crippen molar-refractivity contribution >= 4 is 0 Å². The highest BCUT2D eigenvalue weighted by molar-refractivity contribution is 5.39. The van der Waals surface area contributed by atoms with E-state index in [1.54, 1.807) is 0 Å². The number of fused-ring (bicyclic) bond motifs is 1. The fourth-order valence-electron chi connectivity index (χ4n) is 3.76. The van der Waals surface area contributed by atoms with Gasteiger partial charge in [0.1, 0.15) is 5.75 Å². The van der Waals surface area contributed by atoms with Crippen molar-refractivity contribution < 1.29 is 4.74 Å². The first kappa shape index (κ1) is 13.9. The summed E-state index contributed by atoms with van der Waals surface area (Å²) in [4.78, 5) is 0. The van der Waals surface area contributed by atoms with E-state index in [1.807, 2.05) is 0 Å². The number of hydrogen-bond donors (Lipinski definition) is 1. The fraction of sp³-hybridized carbons (Fsp3) is 0.667. The maximum atomic E-state index is 5.56. The predicted octanol–water partition coefficient (Wildman–Crippen LogP) is 3.72. The van der Waals surface area contributed by atoms with Gasteiger partial charge in [-0.25, -0.2) is 0 Å². The van der Waals surface area contributed by atoms with E-state index in [4.69, 9.17) is 4.74 Å². The molecule has 1 aliphatic heterocycles. The van der Waals surface area contributed by atoms with E-state index in [2.05, 4.69) is 30.4 Å². The molecule has 0 unspecified atom stereocenters. The molecule has 0 radical (unpaired) electrons.